The van der Waals surface area contributed by atoms with Crippen molar-refractivity contribution < 1.29 is 43.0 Å². The van der Waals surface area contributed by atoms with Gasteiger partial charge in [-0.05, 0) is 95.7 Å². The molecule has 1 saturated heterocycles. The van der Waals surface area contributed by atoms with Gasteiger partial charge >= 0.3 is 0 Å². The first-order valence-corrected chi connectivity index (χ1v) is 26.2. The van der Waals surface area contributed by atoms with Gasteiger partial charge in [0.05, 0.1) is 43.3 Å². The highest BCUT2D eigenvalue weighted by atomic mass is 35.5. The number of aryl methyl sites for hydroxylation is 2. The number of hydrogen-bond donors (Lipinski definition) is 3. The maximum absolute atomic E-state index is 13.3. The number of ether oxygens (including phenoxy) is 3. The summed E-state index contributed by atoms with van der Waals surface area (Å²) in [4.78, 5) is 94.6. The zero-order valence-corrected chi connectivity index (χ0v) is 44.4. The minimum atomic E-state index is -0.581. The van der Waals surface area contributed by atoms with Crippen LogP contribution < -0.4 is 20.9 Å². The van der Waals surface area contributed by atoms with Crippen LogP contribution in [0.15, 0.2) is 48.7 Å². The second-order valence-electron chi connectivity index (χ2n) is 17.9. The van der Waals surface area contributed by atoms with Gasteiger partial charge in [0.1, 0.15) is 22.3 Å². The number of piperazine rings is 1. The molecule has 0 spiro atoms. The van der Waals surface area contributed by atoms with Gasteiger partial charge in [0.15, 0.2) is 5.13 Å². The Hall–Kier alpha value is -5.90. The van der Waals surface area contributed by atoms with Gasteiger partial charge in [-0.15, -0.1) is 0 Å². The van der Waals surface area contributed by atoms with Gasteiger partial charge in [0.25, 0.3) is 11.8 Å². The topological polar surface area (TPSA) is 218 Å². The fraction of sp³-hybridized carbons (Fsp3) is 0.519. The number of hydrogen-bond acceptors (Lipinski definition) is 16. The summed E-state index contributed by atoms with van der Waals surface area (Å²) in [6.07, 6.45) is 9.64. The lowest BCUT2D eigenvalue weighted by molar-refractivity contribution is -0.137. The molecule has 3 N–H and O–H groups in total. The molecule has 0 aliphatic carbocycles. The van der Waals surface area contributed by atoms with E-state index in [0.717, 1.165) is 92.4 Å². The number of para-hydroxylation sites is 1. The smallest absolute Gasteiger partial charge is 0.267 e. The van der Waals surface area contributed by atoms with Crippen molar-refractivity contribution in [3.8, 4) is 0 Å². The summed E-state index contributed by atoms with van der Waals surface area (Å²) in [5, 5.41) is 10.1. The monoisotopic (exact) mass is 1050 g/mol. The van der Waals surface area contributed by atoms with Gasteiger partial charge in [0.2, 0.25) is 24.6 Å². The maximum atomic E-state index is 13.3. The Morgan fingerprint density at radius 2 is 1.48 bits per heavy atom. The number of carbonyl (C=O) groups excluding carboxylic acids is 6. The molecule has 1 aliphatic heterocycles. The molecule has 1 aliphatic rings. The molecule has 1 atom stereocenters. The summed E-state index contributed by atoms with van der Waals surface area (Å²) in [6, 6.07) is 11.8. The molecule has 0 saturated carbocycles. The molecule has 19 nitrogen and oxygen atoms in total. The van der Waals surface area contributed by atoms with Crippen LogP contribution in [0.3, 0.4) is 0 Å². The molecular formula is C52H71ClN10O9S. The van der Waals surface area contributed by atoms with E-state index in [2.05, 4.69) is 35.7 Å². The molecule has 0 bridgehead atoms. The predicted molar refractivity (Wildman–Crippen MR) is 284 cm³/mol. The standard InChI is InChI=1S/C52H71ClN10O9S/c1-37-15-13-17-42(53)49(37)59-50(68)44-34-54-52(73-44)58-45-33-46(56-40(4)55-45)62-25-23-61(24-26-62)22-10-6-7-11-27-70-29-31-72-32-30-71-28-12-8-9-19-47(66)57-43-18-14-16-41(39(43)3)51(69)63(36-65)38(2)20-21-48(67)60(5)35-64/h13-18,33-36,38H,6-12,19-32H2,1-5H3,(H,57,66)(H,59,68)(H,54,55,56,58). The van der Waals surface area contributed by atoms with Crippen molar-refractivity contribution in [2.24, 2.45) is 0 Å². The molecule has 73 heavy (non-hydrogen) atoms. The molecule has 21 heteroatoms. The summed E-state index contributed by atoms with van der Waals surface area (Å²) in [6.45, 7) is 15.2. The molecule has 5 rings (SSSR count). The molecule has 0 radical (unpaired) electrons. The molecule has 1 fully saturated rings. The molecular weight excluding hydrogens is 976 g/mol. The summed E-state index contributed by atoms with van der Waals surface area (Å²) < 4.78 is 17.1. The van der Waals surface area contributed by atoms with Crippen molar-refractivity contribution in [3.05, 3.63) is 81.1 Å². The van der Waals surface area contributed by atoms with Gasteiger partial charge in [-0.3, -0.25) is 43.5 Å². The summed E-state index contributed by atoms with van der Waals surface area (Å²) >= 11 is 7.54. The molecule has 3 heterocycles. The Morgan fingerprint density at radius 3 is 2.16 bits per heavy atom. The average molecular weight is 1050 g/mol. The summed E-state index contributed by atoms with van der Waals surface area (Å²) in [5.41, 5.74) is 2.76. The number of halogens is 1. The number of aromatic nitrogens is 3. The lowest BCUT2D eigenvalue weighted by Gasteiger charge is -2.35. The number of nitrogens with one attached hydrogen (secondary N) is 3. The molecule has 6 amide bonds. The van der Waals surface area contributed by atoms with E-state index in [1.807, 2.05) is 32.0 Å². The minimum Gasteiger partial charge on any atom is -0.379 e. The highest BCUT2D eigenvalue weighted by Gasteiger charge is 2.25. The molecule has 396 valence electrons. The Morgan fingerprint density at radius 1 is 0.808 bits per heavy atom. The normalized spacial score (nSPS) is 13.0. The van der Waals surface area contributed by atoms with Crippen LogP contribution in [0.4, 0.5) is 28.1 Å². The van der Waals surface area contributed by atoms with E-state index in [1.54, 1.807) is 44.3 Å². The fourth-order valence-electron chi connectivity index (χ4n) is 8.00. The van der Waals surface area contributed by atoms with E-state index >= 15 is 0 Å². The Labute approximate surface area is 437 Å². The quantitative estimate of drug-likeness (QED) is 0.0314. The van der Waals surface area contributed by atoms with Gasteiger partial charge in [0, 0.05) is 82.6 Å². The summed E-state index contributed by atoms with van der Waals surface area (Å²) in [7, 11) is 1.35. The molecule has 1 unspecified atom stereocenters. The zero-order chi connectivity index (χ0) is 52.5. The van der Waals surface area contributed by atoms with E-state index in [1.165, 1.54) is 18.4 Å². The van der Waals surface area contributed by atoms with Crippen LogP contribution in [0, 0.1) is 20.8 Å². The average Bonchev–Trinajstić information content (AvgIpc) is 3.85. The van der Waals surface area contributed by atoms with E-state index < -0.39 is 17.9 Å². The minimum absolute atomic E-state index is 0.000625. The highest BCUT2D eigenvalue weighted by Crippen LogP contribution is 2.29. The number of amides is 6. The number of carbonyl (C=O) groups is 6. The molecule has 2 aromatic carbocycles. The Balaban J connectivity index is 0.828. The number of rotatable bonds is 32. The largest absolute Gasteiger partial charge is 0.379 e. The first-order chi connectivity index (χ1) is 35.3. The lowest BCUT2D eigenvalue weighted by Crippen LogP contribution is -2.47. The number of imide groups is 2. The number of benzene rings is 2. The first kappa shape index (κ1) is 58.0. The second kappa shape index (κ2) is 31.0. The number of nitrogens with zero attached hydrogens (tertiary/aromatic N) is 7. The number of thiazole rings is 1. The third-order valence-electron chi connectivity index (χ3n) is 12.4. The van der Waals surface area contributed by atoms with Crippen LogP contribution in [-0.2, 0) is 33.4 Å². The Bertz CT molecular complexity index is 2420. The van der Waals surface area contributed by atoms with E-state index in [4.69, 9.17) is 30.8 Å². The van der Waals surface area contributed by atoms with E-state index in [9.17, 15) is 28.8 Å². The SMILES string of the molecule is Cc1nc(Nc2ncc(C(=O)Nc3c(C)cccc3Cl)s2)cc(N2CCN(CCCCCCOCCOCCOCCCCCC(=O)Nc3cccc(C(=O)N(C=O)C(C)CCC(=O)N(C)C=O)c3C)CC2)n1. The van der Waals surface area contributed by atoms with Crippen molar-refractivity contribution in [2.45, 2.75) is 97.9 Å². The van der Waals surface area contributed by atoms with Gasteiger partial charge in [-0.2, -0.15) is 0 Å². The van der Waals surface area contributed by atoms with Crippen LogP contribution in [-0.4, -0.2) is 152 Å². The first-order valence-electron chi connectivity index (χ1n) is 25.0. The Kier molecular flexibility index (Phi) is 24.6. The van der Waals surface area contributed by atoms with Crippen LogP contribution in [0.5, 0.6) is 0 Å². The fourth-order valence-corrected chi connectivity index (χ4v) is 8.99. The van der Waals surface area contributed by atoms with Gasteiger partial charge in [-0.1, -0.05) is 60.4 Å². The molecule has 4 aromatic rings. The van der Waals surface area contributed by atoms with Crippen LogP contribution in [0.1, 0.15) is 108 Å². The second-order valence-corrected chi connectivity index (χ2v) is 19.4. The van der Waals surface area contributed by atoms with Crippen LogP contribution in [0.25, 0.3) is 0 Å². The predicted octanol–water partition coefficient (Wildman–Crippen LogP) is 7.82. The van der Waals surface area contributed by atoms with Crippen molar-refractivity contribution in [2.75, 3.05) is 100 Å². The van der Waals surface area contributed by atoms with Crippen molar-refractivity contribution in [3.63, 3.8) is 0 Å². The maximum Gasteiger partial charge on any atom is 0.267 e. The number of unbranched alkanes of at least 4 members (excludes halogenated alkanes) is 5. The number of anilines is 5. The molecule has 2 aromatic heterocycles. The highest BCUT2D eigenvalue weighted by molar-refractivity contribution is 7.17. The summed E-state index contributed by atoms with van der Waals surface area (Å²) in [5.74, 6) is 0.752. The van der Waals surface area contributed by atoms with Crippen molar-refractivity contribution >= 4 is 87.5 Å². The van der Waals surface area contributed by atoms with E-state index in [0.29, 0.717) is 109 Å². The van der Waals surface area contributed by atoms with Gasteiger partial charge in [-0.25, -0.2) is 15.0 Å². The third kappa shape index (κ3) is 19.1. The van der Waals surface area contributed by atoms with Crippen molar-refractivity contribution in [1.29, 1.82) is 0 Å². The van der Waals surface area contributed by atoms with Gasteiger partial charge < -0.3 is 35.1 Å². The third-order valence-corrected chi connectivity index (χ3v) is 13.6. The van der Waals surface area contributed by atoms with Crippen LogP contribution >= 0.6 is 22.9 Å². The van der Waals surface area contributed by atoms with Crippen molar-refractivity contribution in [1.82, 2.24) is 29.7 Å². The lowest BCUT2D eigenvalue weighted by atomic mass is 10.0. The van der Waals surface area contributed by atoms with Crippen LogP contribution in [0.2, 0.25) is 5.02 Å². The van der Waals surface area contributed by atoms with E-state index in [-0.39, 0.29) is 30.2 Å². The zero-order valence-electron chi connectivity index (χ0n) is 42.8.